The van der Waals surface area contributed by atoms with Gasteiger partial charge in [-0.1, -0.05) is 0 Å². The largest absolute Gasteiger partial charge is 0.491 e. The van der Waals surface area contributed by atoms with E-state index < -0.39 is 5.91 Å². The Morgan fingerprint density at radius 1 is 1.19 bits per heavy atom. The minimum Gasteiger partial charge on any atom is -0.491 e. The zero-order chi connectivity index (χ0) is 11.8. The van der Waals surface area contributed by atoms with Crippen LogP contribution in [-0.2, 0) is 4.74 Å². The van der Waals surface area contributed by atoms with Gasteiger partial charge in [-0.05, 0) is 24.3 Å². The number of primary amides is 1. The van der Waals surface area contributed by atoms with E-state index in [2.05, 4.69) is 0 Å². The first-order valence-corrected chi connectivity index (χ1v) is 4.95. The van der Waals surface area contributed by atoms with Crippen LogP contribution in [0.5, 0.6) is 5.75 Å². The standard InChI is InChI=1S/C11H15NO4/c12-11(14)9-1-3-10(4-2-9)16-8-7-15-6-5-13/h1-4,13H,5-8H2,(H2,12,14). The van der Waals surface area contributed by atoms with E-state index >= 15 is 0 Å². The predicted octanol–water partition coefficient (Wildman–Crippen LogP) is 0.173. The maximum atomic E-state index is 10.8. The molecular weight excluding hydrogens is 210 g/mol. The number of amides is 1. The topological polar surface area (TPSA) is 81.8 Å². The lowest BCUT2D eigenvalue weighted by molar-refractivity contribution is 0.0705. The molecule has 0 unspecified atom stereocenters. The van der Waals surface area contributed by atoms with Gasteiger partial charge in [-0.3, -0.25) is 4.79 Å². The molecule has 5 heteroatoms. The third kappa shape index (κ3) is 4.29. The average Bonchev–Trinajstić information content (AvgIpc) is 2.29. The van der Waals surface area contributed by atoms with Crippen LogP contribution in [0.25, 0.3) is 0 Å². The summed E-state index contributed by atoms with van der Waals surface area (Å²) in [5, 5.41) is 8.46. The van der Waals surface area contributed by atoms with E-state index in [0.717, 1.165) is 0 Å². The number of carbonyl (C=O) groups excluding carboxylic acids is 1. The number of aliphatic hydroxyl groups excluding tert-OH is 1. The van der Waals surface area contributed by atoms with E-state index in [0.29, 0.717) is 31.1 Å². The van der Waals surface area contributed by atoms with Crippen molar-refractivity contribution in [2.75, 3.05) is 26.4 Å². The van der Waals surface area contributed by atoms with E-state index in [-0.39, 0.29) is 6.61 Å². The number of hydrogen-bond donors (Lipinski definition) is 2. The van der Waals surface area contributed by atoms with Crippen LogP contribution in [0, 0.1) is 0 Å². The van der Waals surface area contributed by atoms with Gasteiger partial charge in [0.1, 0.15) is 12.4 Å². The Hall–Kier alpha value is -1.59. The van der Waals surface area contributed by atoms with Crippen molar-refractivity contribution in [2.24, 2.45) is 5.73 Å². The summed E-state index contributed by atoms with van der Waals surface area (Å²) < 4.78 is 10.3. The fraction of sp³-hybridized carbons (Fsp3) is 0.364. The quantitative estimate of drug-likeness (QED) is 0.648. The van der Waals surface area contributed by atoms with E-state index in [1.807, 2.05) is 0 Å². The number of ether oxygens (including phenoxy) is 2. The Morgan fingerprint density at radius 2 is 1.88 bits per heavy atom. The predicted molar refractivity (Wildman–Crippen MR) is 58.4 cm³/mol. The number of rotatable bonds is 7. The first kappa shape index (κ1) is 12.5. The molecule has 1 amide bonds. The minimum absolute atomic E-state index is 0.00725. The third-order valence-corrected chi connectivity index (χ3v) is 1.87. The SMILES string of the molecule is NC(=O)c1ccc(OCCOCCO)cc1. The fourth-order valence-electron chi connectivity index (χ4n) is 1.10. The van der Waals surface area contributed by atoms with Crippen molar-refractivity contribution < 1.29 is 19.4 Å². The summed E-state index contributed by atoms with van der Waals surface area (Å²) in [5.41, 5.74) is 5.54. The molecule has 5 nitrogen and oxygen atoms in total. The highest BCUT2D eigenvalue weighted by Crippen LogP contribution is 2.11. The number of hydrogen-bond acceptors (Lipinski definition) is 4. The summed E-state index contributed by atoms with van der Waals surface area (Å²) in [4.78, 5) is 10.8. The Bertz CT molecular complexity index is 323. The number of aliphatic hydroxyl groups is 1. The molecule has 0 aliphatic rings. The van der Waals surface area contributed by atoms with Gasteiger partial charge in [0.05, 0.1) is 19.8 Å². The smallest absolute Gasteiger partial charge is 0.248 e. The highest BCUT2D eigenvalue weighted by atomic mass is 16.5. The van der Waals surface area contributed by atoms with Crippen molar-refractivity contribution in [1.82, 2.24) is 0 Å². The second-order valence-electron chi connectivity index (χ2n) is 3.07. The van der Waals surface area contributed by atoms with Gasteiger partial charge in [-0.15, -0.1) is 0 Å². The lowest BCUT2D eigenvalue weighted by Gasteiger charge is -2.06. The van der Waals surface area contributed by atoms with Gasteiger partial charge < -0.3 is 20.3 Å². The zero-order valence-corrected chi connectivity index (χ0v) is 8.89. The number of carbonyl (C=O) groups is 1. The van der Waals surface area contributed by atoms with E-state index in [1.165, 1.54) is 0 Å². The lowest BCUT2D eigenvalue weighted by Crippen LogP contribution is -2.11. The molecule has 3 N–H and O–H groups in total. The molecule has 0 spiro atoms. The summed E-state index contributed by atoms with van der Waals surface area (Å²) >= 11 is 0. The van der Waals surface area contributed by atoms with Gasteiger partial charge in [0.25, 0.3) is 0 Å². The van der Waals surface area contributed by atoms with Crippen molar-refractivity contribution in [3.05, 3.63) is 29.8 Å². The average molecular weight is 225 g/mol. The Balaban J connectivity index is 2.29. The van der Waals surface area contributed by atoms with Crippen molar-refractivity contribution in [1.29, 1.82) is 0 Å². The fourth-order valence-corrected chi connectivity index (χ4v) is 1.10. The van der Waals surface area contributed by atoms with Crippen LogP contribution in [0.3, 0.4) is 0 Å². The summed E-state index contributed by atoms with van der Waals surface area (Å²) in [6, 6.07) is 6.55. The second-order valence-corrected chi connectivity index (χ2v) is 3.07. The van der Waals surface area contributed by atoms with Crippen molar-refractivity contribution >= 4 is 5.91 Å². The summed E-state index contributed by atoms with van der Waals surface area (Å²) in [7, 11) is 0. The van der Waals surface area contributed by atoms with Crippen LogP contribution in [-0.4, -0.2) is 37.4 Å². The highest BCUT2D eigenvalue weighted by molar-refractivity contribution is 5.92. The second kappa shape index (κ2) is 6.81. The van der Waals surface area contributed by atoms with Crippen LogP contribution >= 0.6 is 0 Å². The molecule has 1 aromatic rings. The van der Waals surface area contributed by atoms with Crippen LogP contribution < -0.4 is 10.5 Å². The Labute approximate surface area is 93.8 Å². The molecule has 0 radical (unpaired) electrons. The van der Waals surface area contributed by atoms with Crippen molar-refractivity contribution in [2.45, 2.75) is 0 Å². The van der Waals surface area contributed by atoms with Gasteiger partial charge in [0.2, 0.25) is 5.91 Å². The van der Waals surface area contributed by atoms with E-state index in [9.17, 15) is 4.79 Å². The summed E-state index contributed by atoms with van der Waals surface area (Å²) in [6.07, 6.45) is 0. The van der Waals surface area contributed by atoms with Crippen LogP contribution in [0.15, 0.2) is 24.3 Å². The Kier molecular flexibility index (Phi) is 5.31. The molecule has 0 atom stereocenters. The molecule has 0 aliphatic heterocycles. The molecule has 0 fully saturated rings. The van der Waals surface area contributed by atoms with Crippen LogP contribution in [0.4, 0.5) is 0 Å². The molecule has 0 aliphatic carbocycles. The first-order chi connectivity index (χ1) is 7.74. The molecule has 0 aromatic heterocycles. The van der Waals surface area contributed by atoms with Gasteiger partial charge in [-0.25, -0.2) is 0 Å². The maximum absolute atomic E-state index is 10.8. The van der Waals surface area contributed by atoms with Gasteiger partial charge in [-0.2, -0.15) is 0 Å². The van der Waals surface area contributed by atoms with Crippen LogP contribution in [0.2, 0.25) is 0 Å². The molecule has 1 rings (SSSR count). The van der Waals surface area contributed by atoms with E-state index in [4.69, 9.17) is 20.3 Å². The molecule has 0 bridgehead atoms. The van der Waals surface area contributed by atoms with Crippen molar-refractivity contribution in [3.8, 4) is 5.75 Å². The summed E-state index contributed by atoms with van der Waals surface area (Å²) in [6.45, 7) is 1.13. The van der Waals surface area contributed by atoms with Gasteiger partial charge in [0.15, 0.2) is 0 Å². The first-order valence-electron chi connectivity index (χ1n) is 4.95. The van der Waals surface area contributed by atoms with Crippen LogP contribution in [0.1, 0.15) is 10.4 Å². The summed E-state index contributed by atoms with van der Waals surface area (Å²) in [5.74, 6) is 0.190. The van der Waals surface area contributed by atoms with Gasteiger partial charge >= 0.3 is 0 Å². The molecule has 0 heterocycles. The molecule has 88 valence electrons. The normalized spacial score (nSPS) is 10.1. The van der Waals surface area contributed by atoms with Gasteiger partial charge in [0, 0.05) is 5.56 Å². The maximum Gasteiger partial charge on any atom is 0.248 e. The molecular formula is C11H15NO4. The van der Waals surface area contributed by atoms with Crippen molar-refractivity contribution in [3.63, 3.8) is 0 Å². The molecule has 16 heavy (non-hydrogen) atoms. The monoisotopic (exact) mass is 225 g/mol. The lowest BCUT2D eigenvalue weighted by atomic mass is 10.2. The highest BCUT2D eigenvalue weighted by Gasteiger charge is 1.99. The molecule has 0 saturated carbocycles. The molecule has 1 aromatic carbocycles. The number of benzene rings is 1. The van der Waals surface area contributed by atoms with E-state index in [1.54, 1.807) is 24.3 Å². The zero-order valence-electron chi connectivity index (χ0n) is 8.89. The molecule has 0 saturated heterocycles. The minimum atomic E-state index is -0.460. The third-order valence-electron chi connectivity index (χ3n) is 1.87. The number of nitrogens with two attached hydrogens (primary N) is 1. The Morgan fingerprint density at radius 3 is 2.44 bits per heavy atom.